The maximum Gasteiger partial charge on any atom is 0.336 e. The average molecular weight is 344 g/mol. The third kappa shape index (κ3) is 3.07. The van der Waals surface area contributed by atoms with Gasteiger partial charge in [-0.2, -0.15) is 0 Å². The molecule has 1 aliphatic heterocycles. The first-order valence-electron chi connectivity index (χ1n) is 8.33. The molecule has 0 spiro atoms. The van der Waals surface area contributed by atoms with E-state index in [0.717, 1.165) is 28.8 Å². The fourth-order valence-electron chi connectivity index (χ4n) is 3.15. The summed E-state index contributed by atoms with van der Waals surface area (Å²) in [4.78, 5) is 27.0. The van der Waals surface area contributed by atoms with Gasteiger partial charge in [-0.1, -0.05) is 24.3 Å². The van der Waals surface area contributed by atoms with Gasteiger partial charge in [-0.3, -0.25) is 9.78 Å². The van der Waals surface area contributed by atoms with Crippen LogP contribution >= 0.6 is 0 Å². The number of rotatable bonds is 3. The predicted molar refractivity (Wildman–Crippen MR) is 101 cm³/mol. The van der Waals surface area contributed by atoms with Crippen molar-refractivity contribution in [3.8, 4) is 0 Å². The molecule has 0 unspecified atom stereocenters. The van der Waals surface area contributed by atoms with Crippen molar-refractivity contribution in [2.75, 3.05) is 5.32 Å². The van der Waals surface area contributed by atoms with E-state index in [0.29, 0.717) is 17.3 Å². The van der Waals surface area contributed by atoms with Gasteiger partial charge in [0.15, 0.2) is 0 Å². The van der Waals surface area contributed by atoms with Gasteiger partial charge < -0.3 is 10.4 Å². The number of carboxylic acid groups (broad SMARTS) is 1. The molecule has 4 rings (SSSR count). The third-order valence-corrected chi connectivity index (χ3v) is 4.49. The van der Waals surface area contributed by atoms with Gasteiger partial charge in [0.25, 0.3) is 0 Å². The van der Waals surface area contributed by atoms with E-state index >= 15 is 0 Å². The van der Waals surface area contributed by atoms with Crippen LogP contribution in [0.4, 0.5) is 5.69 Å². The smallest absolute Gasteiger partial charge is 0.336 e. The molecule has 0 saturated carbocycles. The summed E-state index contributed by atoms with van der Waals surface area (Å²) in [7, 11) is 0. The molecule has 3 aromatic rings. The first kappa shape index (κ1) is 16.0. The van der Waals surface area contributed by atoms with E-state index in [-0.39, 0.29) is 11.5 Å². The largest absolute Gasteiger partial charge is 0.478 e. The number of benzene rings is 2. The Morgan fingerprint density at radius 2 is 1.81 bits per heavy atom. The number of hydrogen-bond acceptors (Lipinski definition) is 3. The van der Waals surface area contributed by atoms with Gasteiger partial charge in [0.1, 0.15) is 0 Å². The van der Waals surface area contributed by atoms with Gasteiger partial charge in [0.05, 0.1) is 11.1 Å². The standard InChI is InChI=1S/C21H16N2O3/c24-20-8-5-15-11-13(3-6-18(15)23-20)1-2-14-4-7-19-17(12-14)16(21(25)26)9-10-22-19/h1-4,6-7,9-12H,5,8H2,(H,23,24)(H,25,26). The van der Waals surface area contributed by atoms with Crippen LogP contribution in [0.3, 0.4) is 0 Å². The molecule has 2 heterocycles. The third-order valence-electron chi connectivity index (χ3n) is 4.49. The number of fused-ring (bicyclic) bond motifs is 2. The summed E-state index contributed by atoms with van der Waals surface area (Å²) >= 11 is 0. The number of nitrogens with zero attached hydrogens (tertiary/aromatic N) is 1. The van der Waals surface area contributed by atoms with Gasteiger partial charge in [0, 0.05) is 23.7 Å². The number of carbonyl (C=O) groups is 2. The lowest BCUT2D eigenvalue weighted by Crippen LogP contribution is -2.18. The van der Waals surface area contributed by atoms with E-state index in [4.69, 9.17) is 0 Å². The fraction of sp³-hybridized carbons (Fsp3) is 0.0952. The number of hydrogen-bond donors (Lipinski definition) is 2. The van der Waals surface area contributed by atoms with E-state index in [1.54, 1.807) is 0 Å². The number of pyridine rings is 1. The summed E-state index contributed by atoms with van der Waals surface area (Å²) in [6.07, 6.45) is 6.69. The minimum Gasteiger partial charge on any atom is -0.478 e. The van der Waals surface area contributed by atoms with Crippen molar-refractivity contribution in [1.29, 1.82) is 0 Å². The molecule has 0 aliphatic carbocycles. The molecular formula is C21H16N2O3. The lowest BCUT2D eigenvalue weighted by atomic mass is 9.99. The Kier molecular flexibility index (Phi) is 3.97. The van der Waals surface area contributed by atoms with E-state index < -0.39 is 5.97 Å². The Bertz CT molecular complexity index is 1070. The highest BCUT2D eigenvalue weighted by atomic mass is 16.4. The van der Waals surface area contributed by atoms with Crippen molar-refractivity contribution in [1.82, 2.24) is 4.98 Å². The Hall–Kier alpha value is -3.47. The number of aromatic nitrogens is 1. The zero-order chi connectivity index (χ0) is 18.1. The van der Waals surface area contributed by atoms with Crippen LogP contribution in [0.1, 0.15) is 33.5 Å². The van der Waals surface area contributed by atoms with E-state index in [1.807, 2.05) is 42.5 Å². The molecule has 2 aromatic carbocycles. The lowest BCUT2D eigenvalue weighted by Gasteiger charge is -2.16. The molecule has 0 radical (unpaired) electrons. The molecule has 0 bridgehead atoms. The first-order valence-corrected chi connectivity index (χ1v) is 8.33. The zero-order valence-electron chi connectivity index (χ0n) is 13.9. The maximum atomic E-state index is 11.4. The maximum absolute atomic E-state index is 11.4. The number of carbonyl (C=O) groups excluding carboxylic acids is 1. The monoisotopic (exact) mass is 344 g/mol. The Labute approximate surface area is 150 Å². The summed E-state index contributed by atoms with van der Waals surface area (Å²) in [6.45, 7) is 0. The highest BCUT2D eigenvalue weighted by molar-refractivity contribution is 6.03. The number of anilines is 1. The van der Waals surface area contributed by atoms with Crippen LogP contribution in [0.25, 0.3) is 23.1 Å². The second-order valence-electron chi connectivity index (χ2n) is 6.24. The summed E-state index contributed by atoms with van der Waals surface area (Å²) in [6, 6.07) is 13.0. The molecule has 1 aromatic heterocycles. The van der Waals surface area contributed by atoms with Gasteiger partial charge in [0.2, 0.25) is 5.91 Å². The van der Waals surface area contributed by atoms with Crippen molar-refractivity contribution >= 4 is 40.6 Å². The lowest BCUT2D eigenvalue weighted by molar-refractivity contribution is -0.116. The van der Waals surface area contributed by atoms with E-state index in [2.05, 4.69) is 16.4 Å². The average Bonchev–Trinajstić information content (AvgIpc) is 2.65. The van der Waals surface area contributed by atoms with Crippen LogP contribution in [-0.4, -0.2) is 22.0 Å². The molecule has 0 atom stereocenters. The molecule has 26 heavy (non-hydrogen) atoms. The van der Waals surface area contributed by atoms with Crippen molar-refractivity contribution in [2.24, 2.45) is 0 Å². The Morgan fingerprint density at radius 3 is 2.62 bits per heavy atom. The minimum absolute atomic E-state index is 0.0554. The molecule has 128 valence electrons. The Morgan fingerprint density at radius 1 is 1.04 bits per heavy atom. The van der Waals surface area contributed by atoms with Crippen LogP contribution < -0.4 is 5.32 Å². The van der Waals surface area contributed by atoms with Gasteiger partial charge in [-0.05, 0) is 53.4 Å². The number of amides is 1. The molecule has 5 heteroatoms. The summed E-state index contributed by atoms with van der Waals surface area (Å²) in [5.74, 6) is -0.907. The normalized spacial score (nSPS) is 13.6. The highest BCUT2D eigenvalue weighted by Crippen LogP contribution is 2.25. The van der Waals surface area contributed by atoms with Gasteiger partial charge in [-0.25, -0.2) is 4.79 Å². The topological polar surface area (TPSA) is 79.3 Å². The van der Waals surface area contributed by atoms with E-state index in [1.165, 1.54) is 12.3 Å². The molecule has 1 amide bonds. The predicted octanol–water partition coefficient (Wildman–Crippen LogP) is 3.99. The SMILES string of the molecule is O=C1CCc2cc(C=Cc3ccc4nccc(C(=O)O)c4c3)ccc2N1. The second kappa shape index (κ2) is 6.44. The minimum atomic E-state index is -0.963. The number of aromatic carboxylic acids is 1. The fourth-order valence-corrected chi connectivity index (χ4v) is 3.15. The van der Waals surface area contributed by atoms with Crippen molar-refractivity contribution < 1.29 is 14.7 Å². The summed E-state index contributed by atoms with van der Waals surface area (Å²) < 4.78 is 0. The Balaban J connectivity index is 1.66. The van der Waals surface area contributed by atoms with Gasteiger partial charge in [-0.15, -0.1) is 0 Å². The van der Waals surface area contributed by atoms with Crippen LogP contribution in [-0.2, 0) is 11.2 Å². The molecule has 2 N–H and O–H groups in total. The van der Waals surface area contributed by atoms with Crippen LogP contribution in [0.5, 0.6) is 0 Å². The zero-order valence-corrected chi connectivity index (χ0v) is 13.9. The van der Waals surface area contributed by atoms with E-state index in [9.17, 15) is 14.7 Å². The molecule has 0 fully saturated rings. The second-order valence-corrected chi connectivity index (χ2v) is 6.24. The molecule has 0 saturated heterocycles. The van der Waals surface area contributed by atoms with Crippen molar-refractivity contribution in [3.05, 3.63) is 70.9 Å². The van der Waals surface area contributed by atoms with Crippen LogP contribution in [0, 0.1) is 0 Å². The number of nitrogens with one attached hydrogen (secondary N) is 1. The van der Waals surface area contributed by atoms with Gasteiger partial charge >= 0.3 is 5.97 Å². The molecule has 1 aliphatic rings. The number of carboxylic acids is 1. The first-order chi connectivity index (χ1) is 12.6. The molecule has 5 nitrogen and oxygen atoms in total. The van der Waals surface area contributed by atoms with Crippen molar-refractivity contribution in [2.45, 2.75) is 12.8 Å². The quantitative estimate of drug-likeness (QED) is 0.704. The van der Waals surface area contributed by atoms with Crippen LogP contribution in [0.2, 0.25) is 0 Å². The summed E-state index contributed by atoms with van der Waals surface area (Å²) in [5, 5.41) is 12.8. The number of aryl methyl sites for hydroxylation is 1. The molecular weight excluding hydrogens is 328 g/mol. The highest BCUT2D eigenvalue weighted by Gasteiger charge is 2.14. The van der Waals surface area contributed by atoms with Crippen molar-refractivity contribution in [3.63, 3.8) is 0 Å². The van der Waals surface area contributed by atoms with Crippen LogP contribution in [0.15, 0.2) is 48.7 Å². The summed E-state index contributed by atoms with van der Waals surface area (Å²) in [5.41, 5.74) is 4.84.